The summed E-state index contributed by atoms with van der Waals surface area (Å²) in [5.41, 5.74) is 1.88. The van der Waals surface area contributed by atoms with Crippen LogP contribution in [0.25, 0.3) is 0 Å². The van der Waals surface area contributed by atoms with Crippen LogP contribution in [0.3, 0.4) is 0 Å². The number of carbonyl (C=O) groups is 1. The largest absolute Gasteiger partial charge is 0.360 e. The van der Waals surface area contributed by atoms with E-state index in [1.165, 1.54) is 11.6 Å². The molecule has 0 atom stereocenters. The van der Waals surface area contributed by atoms with Crippen molar-refractivity contribution in [1.29, 1.82) is 0 Å². The SMILES string of the molecule is Cc1cc(N(CCC(=O)Nc2ccc(C(C)(C)C)cc2)S(C)(=O)=O)no1. The normalized spacial score (nSPS) is 12.0. The fraction of sp³-hybridized carbons (Fsp3) is 0.444. The molecule has 1 N–H and O–H groups in total. The molecule has 142 valence electrons. The summed E-state index contributed by atoms with van der Waals surface area (Å²) in [4.78, 5) is 12.2. The van der Waals surface area contributed by atoms with E-state index in [0.29, 0.717) is 11.4 Å². The van der Waals surface area contributed by atoms with Gasteiger partial charge in [0.1, 0.15) is 5.76 Å². The van der Waals surface area contributed by atoms with Crippen molar-refractivity contribution in [2.24, 2.45) is 0 Å². The topological polar surface area (TPSA) is 92.5 Å². The number of hydrogen-bond donors (Lipinski definition) is 1. The second kappa shape index (κ2) is 7.49. The number of rotatable bonds is 6. The number of aromatic nitrogens is 1. The highest BCUT2D eigenvalue weighted by Crippen LogP contribution is 2.23. The Morgan fingerprint density at radius 2 is 1.85 bits per heavy atom. The molecule has 0 unspecified atom stereocenters. The van der Waals surface area contributed by atoms with E-state index in [1.807, 2.05) is 24.3 Å². The summed E-state index contributed by atoms with van der Waals surface area (Å²) >= 11 is 0. The minimum absolute atomic E-state index is 0.000000118. The predicted molar refractivity (Wildman–Crippen MR) is 102 cm³/mol. The Balaban J connectivity index is 2.00. The predicted octanol–water partition coefficient (Wildman–Crippen LogP) is 3.08. The Morgan fingerprint density at radius 1 is 1.23 bits per heavy atom. The quantitative estimate of drug-likeness (QED) is 0.833. The number of carbonyl (C=O) groups excluding carboxylic acids is 1. The van der Waals surface area contributed by atoms with Gasteiger partial charge in [0.15, 0.2) is 5.82 Å². The van der Waals surface area contributed by atoms with E-state index in [0.717, 1.165) is 10.6 Å². The molecule has 0 aliphatic carbocycles. The molecule has 1 heterocycles. The molecule has 1 aromatic heterocycles. The maximum atomic E-state index is 12.2. The van der Waals surface area contributed by atoms with Crippen molar-refractivity contribution < 1.29 is 17.7 Å². The Kier molecular flexibility index (Phi) is 5.75. The fourth-order valence-corrected chi connectivity index (χ4v) is 3.25. The minimum Gasteiger partial charge on any atom is -0.360 e. The Bertz CT molecular complexity index is 865. The molecule has 26 heavy (non-hydrogen) atoms. The van der Waals surface area contributed by atoms with Crippen LogP contribution in [0.5, 0.6) is 0 Å². The van der Waals surface area contributed by atoms with Gasteiger partial charge in [0.25, 0.3) is 0 Å². The van der Waals surface area contributed by atoms with E-state index in [1.54, 1.807) is 6.92 Å². The van der Waals surface area contributed by atoms with E-state index in [2.05, 4.69) is 31.2 Å². The highest BCUT2D eigenvalue weighted by molar-refractivity contribution is 7.92. The van der Waals surface area contributed by atoms with Crippen LogP contribution < -0.4 is 9.62 Å². The molecular weight excluding hydrogens is 354 g/mol. The first-order chi connectivity index (χ1) is 12.0. The zero-order valence-corrected chi connectivity index (χ0v) is 16.6. The smallest absolute Gasteiger partial charge is 0.233 e. The van der Waals surface area contributed by atoms with Crippen LogP contribution in [-0.2, 0) is 20.2 Å². The van der Waals surface area contributed by atoms with Crippen molar-refractivity contribution in [3.8, 4) is 0 Å². The summed E-state index contributed by atoms with van der Waals surface area (Å²) in [5.74, 6) is 0.395. The lowest BCUT2D eigenvalue weighted by molar-refractivity contribution is -0.116. The number of hydrogen-bond acceptors (Lipinski definition) is 5. The summed E-state index contributed by atoms with van der Waals surface area (Å²) in [6.07, 6.45) is 1.07. The highest BCUT2D eigenvalue weighted by atomic mass is 32.2. The van der Waals surface area contributed by atoms with Crippen LogP contribution in [0.15, 0.2) is 34.9 Å². The lowest BCUT2D eigenvalue weighted by Gasteiger charge is -2.20. The van der Waals surface area contributed by atoms with Gasteiger partial charge in [-0.25, -0.2) is 8.42 Å². The van der Waals surface area contributed by atoms with E-state index in [9.17, 15) is 13.2 Å². The number of nitrogens with one attached hydrogen (secondary N) is 1. The Hall–Kier alpha value is -2.35. The van der Waals surface area contributed by atoms with Gasteiger partial charge in [-0.3, -0.25) is 9.10 Å². The van der Waals surface area contributed by atoms with Gasteiger partial charge in [0.05, 0.1) is 6.26 Å². The number of aryl methyl sites for hydroxylation is 1. The molecule has 0 saturated heterocycles. The molecule has 0 aliphatic heterocycles. The standard InChI is InChI=1S/C18H25N3O4S/c1-13-12-16(20-25-13)21(26(5,23)24)11-10-17(22)19-15-8-6-14(7-9-15)18(2,3)4/h6-9,12H,10-11H2,1-5H3,(H,19,22). The van der Waals surface area contributed by atoms with Gasteiger partial charge < -0.3 is 9.84 Å². The second-order valence-corrected chi connectivity index (χ2v) is 9.16. The number of amides is 1. The average Bonchev–Trinajstić information content (AvgIpc) is 2.92. The van der Waals surface area contributed by atoms with E-state index in [4.69, 9.17) is 4.52 Å². The second-order valence-electron chi connectivity index (χ2n) is 7.26. The summed E-state index contributed by atoms with van der Waals surface area (Å²) in [5, 5.41) is 6.50. The molecule has 8 heteroatoms. The molecule has 0 radical (unpaired) electrons. The van der Waals surface area contributed by atoms with Crippen LogP contribution >= 0.6 is 0 Å². The fourth-order valence-electron chi connectivity index (χ4n) is 2.40. The lowest BCUT2D eigenvalue weighted by Crippen LogP contribution is -2.33. The van der Waals surface area contributed by atoms with Gasteiger partial charge in [-0.1, -0.05) is 38.1 Å². The first kappa shape index (κ1) is 20.0. The summed E-state index contributed by atoms with van der Waals surface area (Å²) in [6.45, 7) is 8.01. The van der Waals surface area contributed by atoms with Gasteiger partial charge in [0.2, 0.25) is 15.9 Å². The van der Waals surface area contributed by atoms with Crippen molar-refractivity contribution in [2.75, 3.05) is 22.4 Å². The van der Waals surface area contributed by atoms with E-state index >= 15 is 0 Å². The van der Waals surface area contributed by atoms with E-state index < -0.39 is 10.0 Å². The lowest BCUT2D eigenvalue weighted by atomic mass is 9.87. The first-order valence-electron chi connectivity index (χ1n) is 8.28. The van der Waals surface area contributed by atoms with Gasteiger partial charge in [-0.15, -0.1) is 0 Å². The van der Waals surface area contributed by atoms with E-state index in [-0.39, 0.29) is 30.1 Å². The van der Waals surface area contributed by atoms with Crippen LogP contribution in [-0.4, -0.2) is 32.3 Å². The molecule has 2 aromatic rings. The molecule has 1 aromatic carbocycles. The van der Waals surface area contributed by atoms with Crippen molar-refractivity contribution in [3.63, 3.8) is 0 Å². The van der Waals surface area contributed by atoms with Gasteiger partial charge in [-0.2, -0.15) is 0 Å². The zero-order chi connectivity index (χ0) is 19.5. The van der Waals surface area contributed by atoms with Crippen LogP contribution in [0.2, 0.25) is 0 Å². The van der Waals surface area contributed by atoms with Gasteiger partial charge in [-0.05, 0) is 30.0 Å². The highest BCUT2D eigenvalue weighted by Gasteiger charge is 2.22. The minimum atomic E-state index is -3.56. The summed E-state index contributed by atoms with van der Waals surface area (Å²) in [6, 6.07) is 9.14. The molecule has 1 amide bonds. The maximum absolute atomic E-state index is 12.2. The summed E-state index contributed by atoms with van der Waals surface area (Å²) < 4.78 is 29.9. The third-order valence-corrected chi connectivity index (χ3v) is 5.02. The molecule has 0 saturated carbocycles. The van der Waals surface area contributed by atoms with Crippen LogP contribution in [0.4, 0.5) is 11.5 Å². The first-order valence-corrected chi connectivity index (χ1v) is 10.1. The van der Waals surface area contributed by atoms with Crippen LogP contribution in [0.1, 0.15) is 38.5 Å². The zero-order valence-electron chi connectivity index (χ0n) is 15.7. The number of nitrogens with zero attached hydrogens (tertiary/aromatic N) is 2. The number of benzene rings is 1. The van der Waals surface area contributed by atoms with Gasteiger partial charge in [0, 0.05) is 24.7 Å². The van der Waals surface area contributed by atoms with Crippen LogP contribution in [0, 0.1) is 6.92 Å². The van der Waals surface area contributed by atoms with Crippen molar-refractivity contribution in [3.05, 3.63) is 41.7 Å². The molecule has 0 bridgehead atoms. The molecule has 2 rings (SSSR count). The average molecular weight is 379 g/mol. The molecule has 0 spiro atoms. The summed E-state index contributed by atoms with van der Waals surface area (Å²) in [7, 11) is -3.56. The third kappa shape index (κ3) is 5.32. The van der Waals surface area contributed by atoms with Crippen molar-refractivity contribution >= 4 is 27.4 Å². The third-order valence-electron chi connectivity index (χ3n) is 3.85. The number of anilines is 2. The molecule has 7 nitrogen and oxygen atoms in total. The number of sulfonamides is 1. The molecule has 0 aliphatic rings. The molecular formula is C18H25N3O4S. The monoisotopic (exact) mass is 379 g/mol. The van der Waals surface area contributed by atoms with Gasteiger partial charge >= 0.3 is 0 Å². The maximum Gasteiger partial charge on any atom is 0.233 e. The Labute approximate surface area is 154 Å². The Morgan fingerprint density at radius 3 is 2.31 bits per heavy atom. The van der Waals surface area contributed by atoms with Crippen molar-refractivity contribution in [1.82, 2.24) is 5.16 Å². The molecule has 0 fully saturated rings. The van der Waals surface area contributed by atoms with Crippen molar-refractivity contribution in [2.45, 2.75) is 39.5 Å².